The van der Waals surface area contributed by atoms with E-state index in [0.717, 1.165) is 0 Å². The Morgan fingerprint density at radius 1 is 1.04 bits per heavy atom. The van der Waals surface area contributed by atoms with Crippen molar-refractivity contribution in [3.05, 3.63) is 52.5 Å². The van der Waals surface area contributed by atoms with Gasteiger partial charge in [0.05, 0.1) is 22.8 Å². The van der Waals surface area contributed by atoms with Crippen LogP contribution in [0.25, 0.3) is 0 Å². The van der Waals surface area contributed by atoms with Crippen molar-refractivity contribution in [3.63, 3.8) is 0 Å². The SMILES string of the molecule is CCOC(=O)c1cc(NC(=O)COC(=O)c2ccc3c(c2)OCO3)ccc1Cl. The average molecular weight is 406 g/mol. The molecule has 0 unspecified atom stereocenters. The van der Waals surface area contributed by atoms with E-state index >= 15 is 0 Å². The minimum Gasteiger partial charge on any atom is -0.462 e. The molecule has 2 aromatic rings. The molecule has 1 aliphatic heterocycles. The Morgan fingerprint density at radius 3 is 2.61 bits per heavy atom. The molecule has 0 bridgehead atoms. The number of fused-ring (bicyclic) bond motifs is 1. The zero-order chi connectivity index (χ0) is 20.1. The molecule has 0 aromatic heterocycles. The highest BCUT2D eigenvalue weighted by atomic mass is 35.5. The Hall–Kier alpha value is -3.26. The Balaban J connectivity index is 1.58. The summed E-state index contributed by atoms with van der Waals surface area (Å²) in [5.41, 5.74) is 0.670. The Morgan fingerprint density at radius 2 is 1.82 bits per heavy atom. The van der Waals surface area contributed by atoms with Crippen LogP contribution in [0.1, 0.15) is 27.6 Å². The Kier molecular flexibility index (Phi) is 6.00. The van der Waals surface area contributed by atoms with Crippen molar-refractivity contribution < 1.29 is 33.3 Å². The minimum absolute atomic E-state index is 0.0884. The van der Waals surface area contributed by atoms with E-state index in [1.54, 1.807) is 13.0 Å². The molecule has 3 rings (SSSR count). The van der Waals surface area contributed by atoms with Crippen molar-refractivity contribution in [1.29, 1.82) is 0 Å². The number of hydrogen-bond donors (Lipinski definition) is 1. The van der Waals surface area contributed by atoms with Crippen LogP contribution in [0.4, 0.5) is 5.69 Å². The molecule has 0 saturated carbocycles. The van der Waals surface area contributed by atoms with E-state index in [9.17, 15) is 14.4 Å². The van der Waals surface area contributed by atoms with Crippen LogP contribution in [0.15, 0.2) is 36.4 Å². The van der Waals surface area contributed by atoms with E-state index in [0.29, 0.717) is 17.2 Å². The summed E-state index contributed by atoms with van der Waals surface area (Å²) in [7, 11) is 0. The van der Waals surface area contributed by atoms with Gasteiger partial charge in [0.15, 0.2) is 18.1 Å². The zero-order valence-electron chi connectivity index (χ0n) is 14.8. The lowest BCUT2D eigenvalue weighted by molar-refractivity contribution is -0.119. The fourth-order valence-electron chi connectivity index (χ4n) is 2.40. The summed E-state index contributed by atoms with van der Waals surface area (Å²) >= 11 is 5.97. The van der Waals surface area contributed by atoms with E-state index in [-0.39, 0.29) is 29.5 Å². The lowest BCUT2D eigenvalue weighted by Gasteiger charge is -2.09. The van der Waals surface area contributed by atoms with Crippen LogP contribution in [0, 0.1) is 0 Å². The average Bonchev–Trinajstić information content (AvgIpc) is 3.15. The molecule has 1 N–H and O–H groups in total. The molecular formula is C19H16ClNO7. The first-order valence-electron chi connectivity index (χ1n) is 8.31. The van der Waals surface area contributed by atoms with Crippen molar-refractivity contribution in [2.24, 2.45) is 0 Å². The van der Waals surface area contributed by atoms with Gasteiger partial charge >= 0.3 is 11.9 Å². The second-order valence-corrected chi connectivity index (χ2v) is 6.01. The number of rotatable bonds is 6. The quantitative estimate of drug-likeness (QED) is 0.737. The van der Waals surface area contributed by atoms with Gasteiger partial charge in [-0.1, -0.05) is 11.6 Å². The maximum atomic E-state index is 12.1. The molecule has 0 aliphatic carbocycles. The molecule has 2 aromatic carbocycles. The van der Waals surface area contributed by atoms with Crippen molar-refractivity contribution >= 4 is 35.1 Å². The normalized spacial score (nSPS) is 11.6. The molecule has 1 heterocycles. The molecule has 0 radical (unpaired) electrons. The summed E-state index contributed by atoms with van der Waals surface area (Å²) in [5.74, 6) is -0.887. The summed E-state index contributed by atoms with van der Waals surface area (Å²) in [6.07, 6.45) is 0. The Bertz CT molecular complexity index is 928. The standard InChI is InChI=1S/C19H16ClNO7/c1-2-25-19(24)13-8-12(4-5-14(13)20)21-17(22)9-26-18(23)11-3-6-15-16(7-11)28-10-27-15/h3-8H,2,9-10H2,1H3,(H,21,22). The molecule has 1 aliphatic rings. The van der Waals surface area contributed by atoms with E-state index < -0.39 is 24.5 Å². The first-order valence-corrected chi connectivity index (χ1v) is 8.69. The van der Waals surface area contributed by atoms with Crippen LogP contribution in [0.2, 0.25) is 5.02 Å². The minimum atomic E-state index is -0.684. The van der Waals surface area contributed by atoms with E-state index in [1.165, 1.54) is 30.3 Å². The summed E-state index contributed by atoms with van der Waals surface area (Å²) in [6.45, 7) is 1.45. The topological polar surface area (TPSA) is 100 Å². The second kappa shape index (κ2) is 8.62. The number of hydrogen-bond acceptors (Lipinski definition) is 7. The summed E-state index contributed by atoms with van der Waals surface area (Å²) in [4.78, 5) is 36.0. The molecule has 146 valence electrons. The van der Waals surface area contributed by atoms with Crippen molar-refractivity contribution in [1.82, 2.24) is 0 Å². The maximum absolute atomic E-state index is 12.1. The number of ether oxygens (including phenoxy) is 4. The highest BCUT2D eigenvalue weighted by Crippen LogP contribution is 2.32. The lowest BCUT2D eigenvalue weighted by atomic mass is 10.2. The highest BCUT2D eigenvalue weighted by Gasteiger charge is 2.18. The Labute approximate surface area is 165 Å². The number of halogens is 1. The molecule has 28 heavy (non-hydrogen) atoms. The van der Waals surface area contributed by atoms with Crippen LogP contribution < -0.4 is 14.8 Å². The molecule has 0 saturated heterocycles. The third kappa shape index (κ3) is 4.52. The van der Waals surface area contributed by atoms with Gasteiger partial charge in [-0.05, 0) is 43.3 Å². The van der Waals surface area contributed by atoms with Crippen LogP contribution >= 0.6 is 11.6 Å². The smallest absolute Gasteiger partial charge is 0.339 e. The van der Waals surface area contributed by atoms with Crippen molar-refractivity contribution in [2.45, 2.75) is 6.92 Å². The lowest BCUT2D eigenvalue weighted by Crippen LogP contribution is -2.21. The number of amides is 1. The van der Waals surface area contributed by atoms with Gasteiger partial charge in [0.2, 0.25) is 6.79 Å². The summed E-state index contributed by atoms with van der Waals surface area (Å²) in [6, 6.07) is 8.94. The van der Waals surface area contributed by atoms with E-state index in [1.807, 2.05) is 0 Å². The van der Waals surface area contributed by atoms with Gasteiger partial charge in [-0.3, -0.25) is 4.79 Å². The van der Waals surface area contributed by atoms with Gasteiger partial charge in [-0.15, -0.1) is 0 Å². The third-order valence-electron chi connectivity index (χ3n) is 3.69. The van der Waals surface area contributed by atoms with Gasteiger partial charge in [0, 0.05) is 5.69 Å². The molecule has 8 nitrogen and oxygen atoms in total. The largest absolute Gasteiger partial charge is 0.462 e. The molecule has 9 heteroatoms. The molecule has 0 fully saturated rings. The predicted octanol–water partition coefficient (Wildman–Crippen LogP) is 3.04. The van der Waals surface area contributed by atoms with Gasteiger partial charge < -0.3 is 24.3 Å². The van der Waals surface area contributed by atoms with Crippen molar-refractivity contribution in [2.75, 3.05) is 25.3 Å². The number of anilines is 1. The molecule has 1 amide bonds. The number of carbonyl (C=O) groups is 3. The number of carbonyl (C=O) groups excluding carboxylic acids is 3. The highest BCUT2D eigenvalue weighted by molar-refractivity contribution is 6.33. The van der Waals surface area contributed by atoms with E-state index in [2.05, 4.69) is 5.32 Å². The summed E-state index contributed by atoms with van der Waals surface area (Å²) < 4.78 is 20.3. The van der Waals surface area contributed by atoms with Crippen LogP contribution in [0.5, 0.6) is 11.5 Å². The fourth-order valence-corrected chi connectivity index (χ4v) is 2.60. The first-order chi connectivity index (χ1) is 13.5. The fraction of sp³-hybridized carbons (Fsp3) is 0.211. The van der Waals surface area contributed by atoms with Gasteiger partial charge in [-0.25, -0.2) is 9.59 Å². The predicted molar refractivity (Wildman–Crippen MR) is 98.9 cm³/mol. The monoisotopic (exact) mass is 405 g/mol. The van der Waals surface area contributed by atoms with Crippen LogP contribution in [-0.4, -0.2) is 37.9 Å². The number of benzene rings is 2. The third-order valence-corrected chi connectivity index (χ3v) is 4.02. The number of nitrogens with one attached hydrogen (secondary N) is 1. The zero-order valence-corrected chi connectivity index (χ0v) is 15.6. The van der Waals surface area contributed by atoms with Gasteiger partial charge in [0.1, 0.15) is 0 Å². The van der Waals surface area contributed by atoms with E-state index in [4.69, 9.17) is 30.5 Å². The van der Waals surface area contributed by atoms with Gasteiger partial charge in [-0.2, -0.15) is 0 Å². The number of esters is 2. The summed E-state index contributed by atoms with van der Waals surface area (Å²) in [5, 5.41) is 2.73. The molecule has 0 spiro atoms. The molecule has 0 atom stereocenters. The maximum Gasteiger partial charge on any atom is 0.339 e. The second-order valence-electron chi connectivity index (χ2n) is 5.61. The molecular weight excluding hydrogens is 390 g/mol. The first kappa shape index (κ1) is 19.5. The van der Waals surface area contributed by atoms with Crippen LogP contribution in [-0.2, 0) is 14.3 Å². The van der Waals surface area contributed by atoms with Gasteiger partial charge in [0.25, 0.3) is 5.91 Å². The van der Waals surface area contributed by atoms with Crippen molar-refractivity contribution in [3.8, 4) is 11.5 Å². The van der Waals surface area contributed by atoms with Crippen LogP contribution in [0.3, 0.4) is 0 Å².